The molecule has 0 unspecified atom stereocenters. The van der Waals surface area contributed by atoms with Gasteiger partial charge in [-0.25, -0.2) is 13.1 Å². The van der Waals surface area contributed by atoms with Gasteiger partial charge in [-0.1, -0.05) is 28.1 Å². The van der Waals surface area contributed by atoms with Crippen LogP contribution in [0.5, 0.6) is 0 Å². The van der Waals surface area contributed by atoms with Gasteiger partial charge in [0.2, 0.25) is 10.0 Å². The lowest BCUT2D eigenvalue weighted by atomic mass is 10.1. The Morgan fingerprint density at radius 1 is 1.15 bits per heavy atom. The average molecular weight is 355 g/mol. The molecule has 20 heavy (non-hydrogen) atoms. The topological polar surface area (TPSA) is 72.2 Å². The standard InChI is InChI=1S/C14H15BrN2O2S/c1-10-11(3-2-4-14(10)16)9-17-20(18,19)13-7-5-12(15)6-8-13/h2-8,17H,9,16H2,1H3. The van der Waals surface area contributed by atoms with E-state index < -0.39 is 10.0 Å². The highest BCUT2D eigenvalue weighted by molar-refractivity contribution is 9.10. The number of hydrogen-bond acceptors (Lipinski definition) is 3. The Morgan fingerprint density at radius 3 is 2.45 bits per heavy atom. The van der Waals surface area contributed by atoms with E-state index in [1.807, 2.05) is 19.1 Å². The van der Waals surface area contributed by atoms with Gasteiger partial charge in [0.1, 0.15) is 0 Å². The SMILES string of the molecule is Cc1c(N)cccc1CNS(=O)(=O)c1ccc(Br)cc1. The van der Waals surface area contributed by atoms with E-state index in [0.717, 1.165) is 15.6 Å². The summed E-state index contributed by atoms with van der Waals surface area (Å²) in [4.78, 5) is 0.238. The maximum atomic E-state index is 12.2. The fourth-order valence-electron chi connectivity index (χ4n) is 1.76. The fraction of sp³-hybridized carbons (Fsp3) is 0.143. The Kier molecular flexibility index (Phi) is 4.47. The molecule has 2 aromatic carbocycles. The van der Waals surface area contributed by atoms with Crippen LogP contribution in [0.3, 0.4) is 0 Å². The fourth-order valence-corrected chi connectivity index (χ4v) is 3.04. The Labute approximate surface area is 127 Å². The van der Waals surface area contributed by atoms with Crippen molar-refractivity contribution in [1.82, 2.24) is 4.72 Å². The highest BCUT2D eigenvalue weighted by atomic mass is 79.9. The Morgan fingerprint density at radius 2 is 1.80 bits per heavy atom. The van der Waals surface area contributed by atoms with Crippen LogP contribution in [0.15, 0.2) is 51.8 Å². The van der Waals surface area contributed by atoms with Crippen LogP contribution < -0.4 is 10.5 Å². The first-order chi connectivity index (χ1) is 9.40. The second-order valence-electron chi connectivity index (χ2n) is 4.41. The minimum atomic E-state index is -3.52. The highest BCUT2D eigenvalue weighted by Gasteiger charge is 2.14. The lowest BCUT2D eigenvalue weighted by molar-refractivity contribution is 0.581. The summed E-state index contributed by atoms with van der Waals surface area (Å²) in [5.74, 6) is 0. The molecule has 0 amide bonds. The molecule has 6 heteroatoms. The summed E-state index contributed by atoms with van der Waals surface area (Å²) < 4.78 is 27.7. The normalized spacial score (nSPS) is 11.5. The molecule has 0 aliphatic rings. The van der Waals surface area contributed by atoms with Gasteiger partial charge in [0.25, 0.3) is 0 Å². The molecule has 4 nitrogen and oxygen atoms in total. The zero-order chi connectivity index (χ0) is 14.8. The van der Waals surface area contributed by atoms with Gasteiger partial charge in [-0.3, -0.25) is 0 Å². The number of nitrogens with two attached hydrogens (primary N) is 1. The van der Waals surface area contributed by atoms with Crippen molar-refractivity contribution < 1.29 is 8.42 Å². The van der Waals surface area contributed by atoms with Gasteiger partial charge in [0, 0.05) is 16.7 Å². The third-order valence-electron chi connectivity index (χ3n) is 3.06. The molecule has 2 aromatic rings. The van der Waals surface area contributed by atoms with Crippen LogP contribution in [-0.2, 0) is 16.6 Å². The highest BCUT2D eigenvalue weighted by Crippen LogP contribution is 2.17. The van der Waals surface area contributed by atoms with Crippen LogP contribution in [0.2, 0.25) is 0 Å². The Bertz CT molecular complexity index is 712. The maximum Gasteiger partial charge on any atom is 0.240 e. The predicted molar refractivity (Wildman–Crippen MR) is 83.8 cm³/mol. The van der Waals surface area contributed by atoms with E-state index in [1.54, 1.807) is 30.3 Å². The number of sulfonamides is 1. The van der Waals surface area contributed by atoms with Crippen LogP contribution in [-0.4, -0.2) is 8.42 Å². The average Bonchev–Trinajstić information content (AvgIpc) is 2.41. The number of halogens is 1. The van der Waals surface area contributed by atoms with Gasteiger partial charge < -0.3 is 5.73 Å². The molecule has 0 aliphatic heterocycles. The van der Waals surface area contributed by atoms with Gasteiger partial charge in [0.15, 0.2) is 0 Å². The van der Waals surface area contributed by atoms with Crippen molar-refractivity contribution in [3.05, 3.63) is 58.1 Å². The monoisotopic (exact) mass is 354 g/mol. The van der Waals surface area contributed by atoms with Crippen molar-refractivity contribution in [3.63, 3.8) is 0 Å². The van der Waals surface area contributed by atoms with E-state index >= 15 is 0 Å². The van der Waals surface area contributed by atoms with Crippen molar-refractivity contribution in [2.75, 3.05) is 5.73 Å². The van der Waals surface area contributed by atoms with Crippen molar-refractivity contribution in [2.45, 2.75) is 18.4 Å². The molecule has 0 heterocycles. The minimum Gasteiger partial charge on any atom is -0.399 e. The summed E-state index contributed by atoms with van der Waals surface area (Å²) in [5, 5.41) is 0. The first kappa shape index (κ1) is 15.0. The maximum absolute atomic E-state index is 12.2. The zero-order valence-corrected chi connectivity index (χ0v) is 13.3. The molecule has 0 aliphatic carbocycles. The molecule has 0 atom stereocenters. The molecule has 0 bridgehead atoms. The first-order valence-electron chi connectivity index (χ1n) is 5.99. The third kappa shape index (κ3) is 3.39. The van der Waals surface area contributed by atoms with E-state index in [1.165, 1.54) is 0 Å². The number of rotatable bonds is 4. The Balaban J connectivity index is 2.17. The molecule has 0 saturated heterocycles. The van der Waals surface area contributed by atoms with Gasteiger partial charge in [-0.15, -0.1) is 0 Å². The summed E-state index contributed by atoms with van der Waals surface area (Å²) in [5.41, 5.74) is 8.22. The van der Waals surface area contributed by atoms with Crippen molar-refractivity contribution >= 4 is 31.6 Å². The molecule has 0 spiro atoms. The lowest BCUT2D eigenvalue weighted by Crippen LogP contribution is -2.23. The number of anilines is 1. The van der Waals surface area contributed by atoms with Gasteiger partial charge in [0.05, 0.1) is 4.90 Å². The van der Waals surface area contributed by atoms with E-state index in [-0.39, 0.29) is 11.4 Å². The van der Waals surface area contributed by atoms with Crippen LogP contribution in [0, 0.1) is 6.92 Å². The smallest absolute Gasteiger partial charge is 0.240 e. The molecular weight excluding hydrogens is 340 g/mol. The second-order valence-corrected chi connectivity index (χ2v) is 7.09. The zero-order valence-electron chi connectivity index (χ0n) is 10.9. The van der Waals surface area contributed by atoms with E-state index in [0.29, 0.717) is 5.69 Å². The summed E-state index contributed by atoms with van der Waals surface area (Å²) >= 11 is 3.28. The van der Waals surface area contributed by atoms with E-state index in [2.05, 4.69) is 20.7 Å². The van der Waals surface area contributed by atoms with Crippen molar-refractivity contribution in [3.8, 4) is 0 Å². The summed E-state index contributed by atoms with van der Waals surface area (Å²) in [7, 11) is -3.52. The molecule has 0 fully saturated rings. The molecule has 3 N–H and O–H groups in total. The van der Waals surface area contributed by atoms with Crippen LogP contribution >= 0.6 is 15.9 Å². The minimum absolute atomic E-state index is 0.218. The molecule has 0 radical (unpaired) electrons. The van der Waals surface area contributed by atoms with Gasteiger partial charge >= 0.3 is 0 Å². The van der Waals surface area contributed by atoms with Crippen LogP contribution in [0.1, 0.15) is 11.1 Å². The van der Waals surface area contributed by atoms with Crippen molar-refractivity contribution in [2.24, 2.45) is 0 Å². The molecule has 106 valence electrons. The largest absolute Gasteiger partial charge is 0.399 e. The number of nitrogens with one attached hydrogen (secondary N) is 1. The summed E-state index contributed by atoms with van der Waals surface area (Å²) in [6, 6.07) is 12.0. The quantitative estimate of drug-likeness (QED) is 0.829. The number of benzene rings is 2. The summed E-state index contributed by atoms with van der Waals surface area (Å²) in [6.07, 6.45) is 0. The first-order valence-corrected chi connectivity index (χ1v) is 8.27. The Hall–Kier alpha value is -1.37. The van der Waals surface area contributed by atoms with Crippen molar-refractivity contribution in [1.29, 1.82) is 0 Å². The van der Waals surface area contributed by atoms with E-state index in [4.69, 9.17) is 5.73 Å². The van der Waals surface area contributed by atoms with Crippen LogP contribution in [0.4, 0.5) is 5.69 Å². The molecule has 0 saturated carbocycles. The predicted octanol–water partition coefficient (Wildman–Crippen LogP) is 2.82. The number of hydrogen-bond donors (Lipinski definition) is 2. The van der Waals surface area contributed by atoms with Gasteiger partial charge in [-0.05, 0) is 48.4 Å². The number of nitrogen functional groups attached to an aromatic ring is 1. The third-order valence-corrected chi connectivity index (χ3v) is 5.01. The second kappa shape index (κ2) is 5.95. The van der Waals surface area contributed by atoms with Gasteiger partial charge in [-0.2, -0.15) is 0 Å². The molecule has 2 rings (SSSR count). The summed E-state index contributed by atoms with van der Waals surface area (Å²) in [6.45, 7) is 2.09. The van der Waals surface area contributed by atoms with Crippen LogP contribution in [0.25, 0.3) is 0 Å². The lowest BCUT2D eigenvalue weighted by Gasteiger charge is -2.10. The van der Waals surface area contributed by atoms with E-state index in [9.17, 15) is 8.42 Å². The molecule has 0 aromatic heterocycles. The molecular formula is C14H15BrN2O2S.